The number of ketones is 1. The number of allylic oxidation sites excluding steroid dienone is 3. The van der Waals surface area contributed by atoms with Gasteiger partial charge in [-0.05, 0) is 30.9 Å². The van der Waals surface area contributed by atoms with Crippen molar-refractivity contribution in [1.82, 2.24) is 5.32 Å². The third kappa shape index (κ3) is 3.74. The number of phenols is 1. The molecule has 29 heavy (non-hydrogen) atoms. The average Bonchev–Trinajstić information content (AvgIpc) is 2.59. The molecule has 2 atom stereocenters. The van der Waals surface area contributed by atoms with Crippen molar-refractivity contribution < 1.29 is 24.4 Å². The molecule has 0 saturated carbocycles. The van der Waals surface area contributed by atoms with Crippen molar-refractivity contribution in [2.24, 2.45) is 11.3 Å². The van der Waals surface area contributed by atoms with Gasteiger partial charge in [0.25, 0.3) is 0 Å². The minimum Gasteiger partial charge on any atom is -0.502 e. The van der Waals surface area contributed by atoms with Gasteiger partial charge in [0.1, 0.15) is 5.78 Å². The summed E-state index contributed by atoms with van der Waals surface area (Å²) in [5, 5.41) is 24.3. The van der Waals surface area contributed by atoms with E-state index in [0.717, 1.165) is 0 Å². The molecule has 0 bridgehead atoms. The molecule has 0 spiro atoms. The molecular weight excluding hydrogens is 376 g/mol. The predicted molar refractivity (Wildman–Crippen MR) is 105 cm³/mol. The lowest BCUT2D eigenvalue weighted by molar-refractivity contribution is -0.385. The summed E-state index contributed by atoms with van der Waals surface area (Å²) in [6.45, 7) is 7.47. The summed E-state index contributed by atoms with van der Waals surface area (Å²) in [6.07, 6.45) is 2.26. The van der Waals surface area contributed by atoms with Gasteiger partial charge in [-0.3, -0.25) is 14.9 Å². The second-order valence-corrected chi connectivity index (χ2v) is 8.08. The number of ether oxygens (including phenoxy) is 1. The summed E-state index contributed by atoms with van der Waals surface area (Å²) < 4.78 is 5.21. The van der Waals surface area contributed by atoms with Crippen molar-refractivity contribution in [2.45, 2.75) is 40.0 Å². The van der Waals surface area contributed by atoms with E-state index in [2.05, 4.69) is 5.32 Å². The highest BCUT2D eigenvalue weighted by atomic mass is 16.6. The number of rotatable bonds is 4. The zero-order chi connectivity index (χ0) is 21.5. The van der Waals surface area contributed by atoms with Crippen LogP contribution in [0.25, 0.3) is 0 Å². The van der Waals surface area contributed by atoms with Crippen molar-refractivity contribution in [3.05, 3.63) is 56.9 Å². The monoisotopic (exact) mass is 400 g/mol. The Morgan fingerprint density at radius 2 is 2.07 bits per heavy atom. The molecule has 8 heteroatoms. The molecule has 2 N–H and O–H groups in total. The number of benzene rings is 1. The van der Waals surface area contributed by atoms with Crippen LogP contribution in [0.4, 0.5) is 5.69 Å². The Labute approximate surface area is 168 Å². The van der Waals surface area contributed by atoms with Crippen LogP contribution in [0.15, 0.2) is 41.2 Å². The fourth-order valence-electron chi connectivity index (χ4n) is 4.19. The molecule has 3 rings (SSSR count). The number of Topliss-reactive ketones (excluding diaryl/α,β-unsaturated/α-hetero) is 1. The lowest BCUT2D eigenvalue weighted by Crippen LogP contribution is -2.43. The minimum atomic E-state index is -0.746. The Kier molecular flexibility index (Phi) is 5.21. The maximum Gasteiger partial charge on any atom is 0.336 e. The number of nitrogens with zero attached hydrogens (tertiary/aromatic N) is 1. The van der Waals surface area contributed by atoms with E-state index in [1.165, 1.54) is 18.2 Å². The smallest absolute Gasteiger partial charge is 0.336 e. The maximum absolute atomic E-state index is 13.1. The SMILES string of the molecule is CCOC(=O)C1=C(C)NC2=CC(C)(C)CC(=O)C2C1c1ccc(O)c([N+](=O)[O-])c1. The number of hydrogen-bond donors (Lipinski definition) is 2. The standard InChI is InChI=1S/C21H24N2O6/c1-5-29-20(26)17-11(2)22-13-9-21(3,4)10-16(25)19(13)18(17)12-6-7-15(24)14(8-12)23(27)28/h6-9,18-19,22,24H,5,10H2,1-4H3. The summed E-state index contributed by atoms with van der Waals surface area (Å²) in [5.74, 6) is -2.54. The topological polar surface area (TPSA) is 119 Å². The van der Waals surface area contributed by atoms with Gasteiger partial charge in [0, 0.05) is 29.8 Å². The number of nitro groups is 1. The first kappa shape index (κ1) is 20.6. The molecule has 0 amide bonds. The first-order valence-electron chi connectivity index (χ1n) is 9.43. The molecule has 1 aromatic rings. The molecule has 8 nitrogen and oxygen atoms in total. The Balaban J connectivity index is 2.24. The van der Waals surface area contributed by atoms with Crippen molar-refractivity contribution in [1.29, 1.82) is 0 Å². The Hall–Kier alpha value is -3.16. The van der Waals surface area contributed by atoms with E-state index in [4.69, 9.17) is 4.74 Å². The molecule has 0 saturated heterocycles. The van der Waals surface area contributed by atoms with Gasteiger partial charge in [-0.25, -0.2) is 4.79 Å². The zero-order valence-corrected chi connectivity index (χ0v) is 16.8. The fraction of sp³-hybridized carbons (Fsp3) is 0.429. The minimum absolute atomic E-state index is 0.0602. The number of hydrogen-bond acceptors (Lipinski definition) is 7. The molecule has 1 aromatic carbocycles. The van der Waals surface area contributed by atoms with Gasteiger partial charge in [0.05, 0.1) is 23.0 Å². The van der Waals surface area contributed by atoms with Crippen LogP contribution in [0.5, 0.6) is 5.75 Å². The number of esters is 1. The van der Waals surface area contributed by atoms with Crippen molar-refractivity contribution in [3.63, 3.8) is 0 Å². The van der Waals surface area contributed by atoms with Gasteiger partial charge >= 0.3 is 11.7 Å². The number of aromatic hydroxyl groups is 1. The third-order valence-corrected chi connectivity index (χ3v) is 5.29. The van der Waals surface area contributed by atoms with Crippen LogP contribution in [0.2, 0.25) is 0 Å². The van der Waals surface area contributed by atoms with Crippen LogP contribution in [-0.4, -0.2) is 28.4 Å². The summed E-state index contributed by atoms with van der Waals surface area (Å²) in [7, 11) is 0. The van der Waals surface area contributed by atoms with Gasteiger partial charge in [-0.1, -0.05) is 26.0 Å². The Bertz CT molecular complexity index is 960. The Morgan fingerprint density at radius 3 is 2.69 bits per heavy atom. The van der Waals surface area contributed by atoms with E-state index in [0.29, 0.717) is 17.0 Å². The molecule has 2 aliphatic rings. The highest BCUT2D eigenvalue weighted by Crippen LogP contribution is 2.48. The van der Waals surface area contributed by atoms with Crippen LogP contribution < -0.4 is 5.32 Å². The number of fused-ring (bicyclic) bond motifs is 1. The second kappa shape index (κ2) is 7.35. The first-order valence-corrected chi connectivity index (χ1v) is 9.43. The summed E-state index contributed by atoms with van der Waals surface area (Å²) >= 11 is 0. The summed E-state index contributed by atoms with van der Waals surface area (Å²) in [4.78, 5) is 36.5. The molecule has 2 unspecified atom stereocenters. The molecule has 1 aliphatic carbocycles. The maximum atomic E-state index is 13.1. The van der Waals surface area contributed by atoms with Crippen LogP contribution in [0.3, 0.4) is 0 Å². The van der Waals surface area contributed by atoms with Crippen LogP contribution in [0, 0.1) is 21.4 Å². The van der Waals surface area contributed by atoms with Crippen molar-refractivity contribution >= 4 is 17.4 Å². The molecule has 1 heterocycles. The quantitative estimate of drug-likeness (QED) is 0.452. The van der Waals surface area contributed by atoms with Gasteiger partial charge in [0.15, 0.2) is 5.75 Å². The van der Waals surface area contributed by atoms with E-state index >= 15 is 0 Å². The summed E-state index contributed by atoms with van der Waals surface area (Å²) in [5.41, 5.74) is 1.07. The number of carbonyl (C=O) groups is 2. The van der Waals surface area contributed by atoms with Crippen molar-refractivity contribution in [2.75, 3.05) is 6.61 Å². The van der Waals surface area contributed by atoms with Gasteiger partial charge in [-0.15, -0.1) is 0 Å². The number of phenolic OH excluding ortho intramolecular Hbond substituents is 1. The summed E-state index contributed by atoms with van der Waals surface area (Å²) in [6, 6.07) is 3.95. The van der Waals surface area contributed by atoms with E-state index in [1.54, 1.807) is 13.8 Å². The van der Waals surface area contributed by atoms with Crippen LogP contribution >= 0.6 is 0 Å². The third-order valence-electron chi connectivity index (χ3n) is 5.29. The Morgan fingerprint density at radius 1 is 1.38 bits per heavy atom. The molecular formula is C21H24N2O6. The van der Waals surface area contributed by atoms with Crippen LogP contribution in [-0.2, 0) is 14.3 Å². The molecule has 0 aromatic heterocycles. The number of nitro benzene ring substituents is 1. The lowest BCUT2D eigenvalue weighted by atomic mass is 9.66. The van der Waals surface area contributed by atoms with Gasteiger partial charge in [0.2, 0.25) is 0 Å². The second-order valence-electron chi connectivity index (χ2n) is 8.08. The van der Waals surface area contributed by atoms with E-state index < -0.39 is 34.2 Å². The molecule has 1 aliphatic heterocycles. The molecule has 154 valence electrons. The van der Waals surface area contributed by atoms with E-state index in [-0.39, 0.29) is 29.8 Å². The molecule has 0 radical (unpaired) electrons. The molecule has 0 fully saturated rings. The predicted octanol–water partition coefficient (Wildman–Crippen LogP) is 3.32. The normalized spacial score (nSPS) is 23.0. The zero-order valence-electron chi connectivity index (χ0n) is 16.8. The number of carbonyl (C=O) groups excluding carboxylic acids is 2. The first-order chi connectivity index (χ1) is 13.6. The highest BCUT2D eigenvalue weighted by molar-refractivity contribution is 5.96. The number of nitrogens with one attached hydrogen (secondary N) is 1. The van der Waals surface area contributed by atoms with E-state index in [1.807, 2.05) is 19.9 Å². The lowest BCUT2D eigenvalue weighted by Gasteiger charge is -2.41. The van der Waals surface area contributed by atoms with E-state index in [9.17, 15) is 24.8 Å². The average molecular weight is 400 g/mol. The highest BCUT2D eigenvalue weighted by Gasteiger charge is 2.46. The largest absolute Gasteiger partial charge is 0.502 e. The van der Waals surface area contributed by atoms with Gasteiger partial charge in [-0.2, -0.15) is 0 Å². The van der Waals surface area contributed by atoms with Crippen LogP contribution in [0.1, 0.15) is 45.6 Å². The fourth-order valence-corrected chi connectivity index (χ4v) is 4.19. The van der Waals surface area contributed by atoms with Gasteiger partial charge < -0.3 is 15.2 Å². The van der Waals surface area contributed by atoms with Crippen molar-refractivity contribution in [3.8, 4) is 5.75 Å².